The molecule has 2 rings (SSSR count). The van der Waals surface area contributed by atoms with Crippen LogP contribution >= 0.6 is 0 Å². The van der Waals surface area contributed by atoms with Gasteiger partial charge in [-0.1, -0.05) is 5.56 Å². The van der Waals surface area contributed by atoms with Crippen LogP contribution in [0.4, 0.5) is 0 Å². The summed E-state index contributed by atoms with van der Waals surface area (Å²) in [7, 11) is -1.31. The van der Waals surface area contributed by atoms with E-state index in [1.807, 2.05) is 36.4 Å². The van der Waals surface area contributed by atoms with E-state index in [4.69, 9.17) is 4.43 Å². The summed E-state index contributed by atoms with van der Waals surface area (Å²) in [5.74, 6) is 0.134. The number of hydrogen-bond acceptors (Lipinski definition) is 2. The summed E-state index contributed by atoms with van der Waals surface area (Å²) in [5, 5.41) is 0. The first-order chi connectivity index (χ1) is 8.88. The Morgan fingerprint density at radius 1 is 1.15 bits per heavy atom. The van der Waals surface area contributed by atoms with Gasteiger partial charge in [-0.15, -0.1) is 6.61 Å². The summed E-state index contributed by atoms with van der Waals surface area (Å²) in [5.41, 5.74) is 2.08. The van der Waals surface area contributed by atoms with Crippen LogP contribution in [-0.4, -0.2) is 14.1 Å². The van der Waals surface area contributed by atoms with Crippen molar-refractivity contribution in [1.29, 1.82) is 0 Å². The van der Waals surface area contributed by atoms with E-state index in [9.17, 15) is 4.79 Å². The molecule has 0 aliphatic heterocycles. The molecule has 0 radical (unpaired) electrons. The molecule has 0 amide bonds. The monoisotopic (exact) mass is 330 g/mol. The quantitative estimate of drug-likeness (QED) is 0.473. The normalized spacial score (nSPS) is 10.2. The summed E-state index contributed by atoms with van der Waals surface area (Å²) >= 11 is 0. The number of hydrogen-bond donors (Lipinski definition) is 0. The van der Waals surface area contributed by atoms with Gasteiger partial charge in [-0.2, -0.15) is 12.1 Å². The van der Waals surface area contributed by atoms with Gasteiger partial charge in [-0.3, -0.25) is 0 Å². The molecule has 0 spiro atoms. The third-order valence-electron chi connectivity index (χ3n) is 2.47. The van der Waals surface area contributed by atoms with Crippen LogP contribution in [0.5, 0.6) is 0 Å². The summed E-state index contributed by atoms with van der Waals surface area (Å²) in [6.45, 7) is 8.96. The molecule has 0 unspecified atom stereocenters. The molecule has 116 valence electrons. The minimum atomic E-state index is -1.31. The molecule has 0 heterocycles. The fraction of sp³-hybridized carbons (Fsp3) is 0.312. The van der Waals surface area contributed by atoms with Crippen LogP contribution in [0.15, 0.2) is 48.5 Å². The molecule has 0 fully saturated rings. The Morgan fingerprint density at radius 2 is 1.65 bits per heavy atom. The molecule has 2 nitrogen and oxygen atoms in total. The standard InChI is InChI=1S/C9H15OSi.C7H7O.Fe/c1-11(2,3)10-8-9-6-4-5-7-9;1-6(8)7-4-2-3-5-7;/h4-7H,8H2,1-3H3;2-5H,1H3;/q-5;-1;. The van der Waals surface area contributed by atoms with Gasteiger partial charge in [-0.25, -0.2) is 12.1 Å². The Morgan fingerprint density at radius 3 is 2.00 bits per heavy atom. The van der Waals surface area contributed by atoms with E-state index in [1.54, 1.807) is 6.92 Å². The maximum atomic E-state index is 10.5. The van der Waals surface area contributed by atoms with E-state index in [0.29, 0.717) is 0 Å². The molecular formula is C16H22FeO2Si-6. The fourth-order valence-corrected chi connectivity index (χ4v) is 2.02. The van der Waals surface area contributed by atoms with Gasteiger partial charge >= 0.3 is 0 Å². The van der Waals surface area contributed by atoms with Gasteiger partial charge in [0.15, 0.2) is 8.32 Å². The molecule has 0 aromatic heterocycles. The van der Waals surface area contributed by atoms with Gasteiger partial charge in [0.1, 0.15) is 5.78 Å². The van der Waals surface area contributed by atoms with Crippen molar-refractivity contribution in [2.45, 2.75) is 33.2 Å². The first-order valence-corrected chi connectivity index (χ1v) is 9.86. The Hall–Kier alpha value is -0.934. The predicted molar refractivity (Wildman–Crippen MR) is 82.2 cm³/mol. The van der Waals surface area contributed by atoms with Crippen molar-refractivity contribution >= 4 is 14.1 Å². The second-order valence-electron chi connectivity index (χ2n) is 5.42. The van der Waals surface area contributed by atoms with Crippen LogP contribution in [0.3, 0.4) is 0 Å². The van der Waals surface area contributed by atoms with Crippen molar-refractivity contribution in [2.75, 3.05) is 0 Å². The minimum Gasteiger partial charge on any atom is -0.747 e. The van der Waals surface area contributed by atoms with Crippen molar-refractivity contribution in [3.63, 3.8) is 0 Å². The second kappa shape index (κ2) is 9.09. The van der Waals surface area contributed by atoms with Gasteiger partial charge in [0.05, 0.1) is 0 Å². The summed E-state index contributed by atoms with van der Waals surface area (Å²) < 4.78 is 5.71. The van der Waals surface area contributed by atoms with Crippen molar-refractivity contribution in [3.05, 3.63) is 59.7 Å². The third kappa shape index (κ3) is 8.28. The number of carbonyl (C=O) groups is 1. The van der Waals surface area contributed by atoms with E-state index in [1.165, 1.54) is 5.56 Å². The van der Waals surface area contributed by atoms with Gasteiger partial charge in [0, 0.05) is 17.1 Å². The van der Waals surface area contributed by atoms with Crippen molar-refractivity contribution in [1.82, 2.24) is 0 Å². The second-order valence-corrected chi connectivity index (χ2v) is 9.94. The topological polar surface area (TPSA) is 26.3 Å². The SMILES string of the molecule is CC(=O)[c-]1cccc1.C[Si](C)(C)OC[c-]1[cH-][cH-][cH-][cH-]1.[Fe]. The molecular weight excluding hydrogens is 308 g/mol. The number of rotatable bonds is 4. The third-order valence-corrected chi connectivity index (χ3v) is 3.48. The molecule has 2 aromatic rings. The van der Waals surface area contributed by atoms with E-state index in [2.05, 4.69) is 31.8 Å². The van der Waals surface area contributed by atoms with Gasteiger partial charge < -0.3 is 39.0 Å². The van der Waals surface area contributed by atoms with E-state index >= 15 is 0 Å². The molecule has 0 saturated heterocycles. The zero-order valence-electron chi connectivity index (χ0n) is 12.5. The zero-order chi connectivity index (χ0) is 14.3. The van der Waals surface area contributed by atoms with E-state index in [0.717, 1.165) is 12.2 Å². The van der Waals surface area contributed by atoms with Gasteiger partial charge in [0.2, 0.25) is 0 Å². The molecule has 0 N–H and O–H groups in total. The average molecular weight is 330 g/mol. The molecule has 2 aromatic carbocycles. The molecule has 0 aliphatic rings. The van der Waals surface area contributed by atoms with Crippen LogP contribution in [0.25, 0.3) is 0 Å². The molecule has 4 heteroatoms. The van der Waals surface area contributed by atoms with Crippen LogP contribution in [0.2, 0.25) is 19.6 Å². The number of carbonyl (C=O) groups excluding carboxylic acids is 1. The number of ketones is 1. The van der Waals surface area contributed by atoms with Crippen LogP contribution in [-0.2, 0) is 28.1 Å². The van der Waals surface area contributed by atoms with Crippen LogP contribution < -0.4 is 0 Å². The minimum absolute atomic E-state index is 0. The van der Waals surface area contributed by atoms with Crippen LogP contribution in [0, 0.1) is 0 Å². The maximum absolute atomic E-state index is 10.5. The summed E-state index contributed by atoms with van der Waals surface area (Å²) in [6.07, 6.45) is 0. The van der Waals surface area contributed by atoms with Crippen molar-refractivity contribution in [2.24, 2.45) is 0 Å². The Kier molecular flexibility index (Phi) is 8.66. The van der Waals surface area contributed by atoms with E-state index in [-0.39, 0.29) is 22.9 Å². The van der Waals surface area contributed by atoms with Gasteiger partial charge in [0.25, 0.3) is 0 Å². The zero-order valence-corrected chi connectivity index (χ0v) is 14.6. The molecule has 0 atom stereocenters. The largest absolute Gasteiger partial charge is 0.747 e. The average Bonchev–Trinajstić information content (AvgIpc) is 3.00. The smallest absolute Gasteiger partial charge is 0.179 e. The Labute approximate surface area is 133 Å². The Bertz CT molecular complexity index is 467. The Balaban J connectivity index is 0.000000359. The summed E-state index contributed by atoms with van der Waals surface area (Å²) in [4.78, 5) is 10.5. The van der Waals surface area contributed by atoms with Crippen molar-refractivity contribution in [3.8, 4) is 0 Å². The maximum Gasteiger partial charge on any atom is 0.179 e. The van der Waals surface area contributed by atoms with Gasteiger partial charge in [-0.05, 0) is 26.6 Å². The molecule has 0 bridgehead atoms. The van der Waals surface area contributed by atoms with Crippen LogP contribution in [0.1, 0.15) is 22.8 Å². The van der Waals surface area contributed by atoms with Crippen molar-refractivity contribution < 1.29 is 26.3 Å². The molecule has 0 aliphatic carbocycles. The summed E-state index contributed by atoms with van der Waals surface area (Å²) in [6, 6.07) is 15.6. The first-order valence-electron chi connectivity index (χ1n) is 6.46. The van der Waals surface area contributed by atoms with E-state index < -0.39 is 8.32 Å². The molecule has 0 saturated carbocycles. The molecule has 20 heavy (non-hydrogen) atoms. The predicted octanol–water partition coefficient (Wildman–Crippen LogP) is 4.36. The number of Topliss-reactive ketones (excluding diaryl/α,β-unsaturated/α-hetero) is 1. The first kappa shape index (κ1) is 19.1. The fourth-order valence-electron chi connectivity index (χ4n) is 1.42.